The van der Waals surface area contributed by atoms with Gasteiger partial charge in [0.25, 0.3) is 0 Å². The largest absolute Gasteiger partial charge is 0.497 e. The quantitative estimate of drug-likeness (QED) is 0.103. The summed E-state index contributed by atoms with van der Waals surface area (Å²) in [7, 11) is 2.74. The van der Waals surface area contributed by atoms with E-state index >= 15 is 0 Å². The standard InChI is InChI=1S/C33H54BN5O5/c1-21(2)18-28(34-43-27-20-23-19-26(32(23,3)4)33(27,5)44-34)39-30(41)25(11-9-17-37-31(35)36-6)38-29(40)12-8-10-22-13-15-24(42-7)16-14-22/h13-16,21,23,25-28H,8-12,17-20H2,1-7H3,(H,38,40)(H,39,41)(H3,35,36,37)/t23-,25-,26-,27+,28-,33-/m0/s1. The number of guanidine groups is 1. The highest BCUT2D eigenvalue weighted by atomic mass is 16.7. The first-order valence-electron chi connectivity index (χ1n) is 16.4. The Labute approximate surface area is 264 Å². The predicted molar refractivity (Wildman–Crippen MR) is 174 cm³/mol. The molecule has 1 saturated heterocycles. The van der Waals surface area contributed by atoms with Crippen molar-refractivity contribution in [3.05, 3.63) is 29.8 Å². The second-order valence-electron chi connectivity index (χ2n) is 14.1. The third kappa shape index (κ3) is 7.89. The Morgan fingerprint density at radius 2 is 1.86 bits per heavy atom. The molecule has 0 radical (unpaired) electrons. The number of aliphatic imine (C=N–C) groups is 1. The van der Waals surface area contributed by atoms with Crippen LogP contribution in [-0.2, 0) is 25.3 Å². The minimum absolute atomic E-state index is 0.0359. The van der Waals surface area contributed by atoms with Gasteiger partial charge in [-0.15, -0.1) is 0 Å². The number of methoxy groups -OCH3 is 1. The Morgan fingerprint density at radius 3 is 2.50 bits per heavy atom. The average molecular weight is 612 g/mol. The summed E-state index contributed by atoms with van der Waals surface area (Å²) in [5, 5.41) is 9.29. The molecule has 11 heteroatoms. The first-order valence-corrected chi connectivity index (χ1v) is 16.4. The zero-order valence-electron chi connectivity index (χ0n) is 27.8. The summed E-state index contributed by atoms with van der Waals surface area (Å²) in [5.41, 5.74) is 6.80. The summed E-state index contributed by atoms with van der Waals surface area (Å²) in [4.78, 5) is 30.8. The molecule has 1 aliphatic heterocycles. The molecule has 4 aliphatic rings. The van der Waals surface area contributed by atoms with Crippen molar-refractivity contribution in [1.82, 2.24) is 16.0 Å². The van der Waals surface area contributed by atoms with Gasteiger partial charge in [0, 0.05) is 20.0 Å². The summed E-state index contributed by atoms with van der Waals surface area (Å²) in [6.45, 7) is 11.7. The Hall–Kier alpha value is -2.79. The zero-order chi connectivity index (χ0) is 32.1. The van der Waals surface area contributed by atoms with Gasteiger partial charge >= 0.3 is 7.12 Å². The lowest BCUT2D eigenvalue weighted by atomic mass is 9.43. The van der Waals surface area contributed by atoms with Crippen LogP contribution in [0.25, 0.3) is 0 Å². The van der Waals surface area contributed by atoms with Crippen molar-refractivity contribution in [2.45, 2.75) is 110 Å². The fraction of sp³-hybridized carbons (Fsp3) is 0.727. The zero-order valence-corrected chi connectivity index (χ0v) is 27.8. The van der Waals surface area contributed by atoms with E-state index in [1.165, 1.54) is 6.42 Å². The lowest BCUT2D eigenvalue weighted by molar-refractivity contribution is -0.199. The molecule has 3 saturated carbocycles. The number of hydrogen-bond acceptors (Lipinski definition) is 6. The van der Waals surface area contributed by atoms with Gasteiger partial charge in [0.2, 0.25) is 11.8 Å². The van der Waals surface area contributed by atoms with E-state index in [0.29, 0.717) is 62.4 Å². The SMILES string of the molecule is CN=C(N)NCCC[C@H](NC(=O)CCCc1ccc(OC)cc1)C(=O)N[C@@H](CC(C)C)B1O[C@@H]2C[C@@H]3C[C@@H](C3(C)C)[C@]2(C)O1. The normalized spacial score (nSPS) is 26.8. The molecule has 10 nitrogen and oxygen atoms in total. The highest BCUT2D eigenvalue weighted by Gasteiger charge is 2.68. The van der Waals surface area contributed by atoms with Crippen LogP contribution in [0, 0.1) is 23.2 Å². The van der Waals surface area contributed by atoms with Gasteiger partial charge in [0.05, 0.1) is 24.8 Å². The number of amides is 2. The molecule has 4 fully saturated rings. The molecule has 3 aliphatic carbocycles. The van der Waals surface area contributed by atoms with Crippen molar-refractivity contribution < 1.29 is 23.6 Å². The van der Waals surface area contributed by atoms with Crippen LogP contribution in [0.3, 0.4) is 0 Å². The topological polar surface area (TPSA) is 136 Å². The number of aryl methyl sites for hydroxylation is 1. The molecular weight excluding hydrogens is 557 g/mol. The monoisotopic (exact) mass is 611 g/mol. The molecule has 5 rings (SSSR count). The van der Waals surface area contributed by atoms with E-state index in [2.05, 4.69) is 55.6 Å². The van der Waals surface area contributed by atoms with Crippen LogP contribution in [-0.4, -0.2) is 69.3 Å². The molecule has 244 valence electrons. The molecular formula is C33H54BN5O5. The van der Waals surface area contributed by atoms with Gasteiger partial charge in [-0.3, -0.25) is 14.6 Å². The molecule has 0 aromatic heterocycles. The van der Waals surface area contributed by atoms with Crippen LogP contribution >= 0.6 is 0 Å². The number of rotatable bonds is 15. The average Bonchev–Trinajstić information content (AvgIpc) is 3.35. The first-order chi connectivity index (χ1) is 20.9. The Balaban J connectivity index is 1.38. The van der Waals surface area contributed by atoms with Crippen molar-refractivity contribution in [3.63, 3.8) is 0 Å². The van der Waals surface area contributed by atoms with E-state index in [4.69, 9.17) is 19.8 Å². The number of nitrogens with zero attached hydrogens (tertiary/aromatic N) is 1. The van der Waals surface area contributed by atoms with Gasteiger partial charge in [-0.25, -0.2) is 0 Å². The molecule has 0 spiro atoms. The van der Waals surface area contributed by atoms with E-state index in [1.54, 1.807) is 14.2 Å². The third-order valence-electron chi connectivity index (χ3n) is 10.2. The smallest absolute Gasteiger partial charge is 0.481 e. The van der Waals surface area contributed by atoms with Gasteiger partial charge < -0.3 is 35.7 Å². The van der Waals surface area contributed by atoms with Crippen LogP contribution < -0.4 is 26.4 Å². The number of benzene rings is 1. The predicted octanol–water partition coefficient (Wildman–Crippen LogP) is 3.62. The van der Waals surface area contributed by atoms with E-state index in [0.717, 1.165) is 24.2 Å². The lowest BCUT2D eigenvalue weighted by Crippen LogP contribution is -2.65. The van der Waals surface area contributed by atoms with Gasteiger partial charge in [-0.05, 0) is 92.7 Å². The number of hydrogen-bond donors (Lipinski definition) is 4. The number of ether oxygens (including phenoxy) is 1. The molecule has 1 aromatic rings. The summed E-state index contributed by atoms with van der Waals surface area (Å²) >= 11 is 0. The fourth-order valence-electron chi connectivity index (χ4n) is 7.48. The minimum Gasteiger partial charge on any atom is -0.497 e. The number of nitrogens with two attached hydrogens (primary N) is 1. The van der Waals surface area contributed by atoms with Crippen molar-refractivity contribution in [2.24, 2.45) is 33.9 Å². The highest BCUT2D eigenvalue weighted by molar-refractivity contribution is 6.48. The number of nitrogens with one attached hydrogen (secondary N) is 3. The first kappa shape index (κ1) is 34.1. The molecule has 44 heavy (non-hydrogen) atoms. The third-order valence-corrected chi connectivity index (χ3v) is 10.2. The fourth-order valence-corrected chi connectivity index (χ4v) is 7.48. The maximum Gasteiger partial charge on any atom is 0.481 e. The van der Waals surface area contributed by atoms with Gasteiger partial charge in [0.15, 0.2) is 5.96 Å². The minimum atomic E-state index is -0.689. The second-order valence-corrected chi connectivity index (χ2v) is 14.1. The van der Waals surface area contributed by atoms with Crippen LogP contribution in [0.15, 0.2) is 29.3 Å². The maximum absolute atomic E-state index is 13.8. The van der Waals surface area contributed by atoms with E-state index in [9.17, 15) is 9.59 Å². The molecule has 1 heterocycles. The highest BCUT2D eigenvalue weighted by Crippen LogP contribution is 2.65. The summed E-state index contributed by atoms with van der Waals surface area (Å²) in [5.74, 6) is 1.88. The lowest BCUT2D eigenvalue weighted by Gasteiger charge is -2.64. The van der Waals surface area contributed by atoms with Crippen molar-refractivity contribution in [3.8, 4) is 5.75 Å². The maximum atomic E-state index is 13.8. The summed E-state index contributed by atoms with van der Waals surface area (Å²) < 4.78 is 18.5. The molecule has 6 atom stereocenters. The molecule has 0 unspecified atom stereocenters. The van der Waals surface area contributed by atoms with Crippen molar-refractivity contribution in [1.29, 1.82) is 0 Å². The molecule has 5 N–H and O–H groups in total. The van der Waals surface area contributed by atoms with Crippen LogP contribution in [0.4, 0.5) is 0 Å². The van der Waals surface area contributed by atoms with Gasteiger partial charge in [-0.2, -0.15) is 0 Å². The van der Waals surface area contributed by atoms with E-state index in [-0.39, 0.29) is 34.9 Å². The van der Waals surface area contributed by atoms with Crippen LogP contribution in [0.1, 0.15) is 85.1 Å². The summed E-state index contributed by atoms with van der Waals surface area (Å²) in [6, 6.07) is 7.17. The van der Waals surface area contributed by atoms with Gasteiger partial charge in [-0.1, -0.05) is 39.8 Å². The Morgan fingerprint density at radius 1 is 1.14 bits per heavy atom. The summed E-state index contributed by atoms with van der Waals surface area (Å²) in [6.07, 6.45) is 5.76. The van der Waals surface area contributed by atoms with Gasteiger partial charge in [0.1, 0.15) is 11.8 Å². The number of carbonyl (C=O) groups excluding carboxylic acids is 2. The van der Waals surface area contributed by atoms with Crippen LogP contribution in [0.5, 0.6) is 5.75 Å². The van der Waals surface area contributed by atoms with Crippen LogP contribution in [0.2, 0.25) is 0 Å². The molecule has 2 bridgehead atoms. The molecule has 2 amide bonds. The van der Waals surface area contributed by atoms with E-state index < -0.39 is 13.2 Å². The number of carbonyl (C=O) groups is 2. The van der Waals surface area contributed by atoms with Crippen molar-refractivity contribution >= 4 is 24.9 Å². The second kappa shape index (κ2) is 14.5. The molecule has 1 aromatic carbocycles. The van der Waals surface area contributed by atoms with Crippen molar-refractivity contribution in [2.75, 3.05) is 20.7 Å². The Bertz CT molecular complexity index is 1160. The Kier molecular flexibility index (Phi) is 11.3. The van der Waals surface area contributed by atoms with E-state index in [1.807, 2.05) is 24.3 Å².